The highest BCUT2D eigenvalue weighted by molar-refractivity contribution is 5.79. The van der Waals surface area contributed by atoms with Gasteiger partial charge in [0.2, 0.25) is 5.91 Å². The molecule has 6 heteroatoms. The molecule has 2 aliphatic rings. The number of aromatic nitrogens is 1. The highest BCUT2D eigenvalue weighted by Crippen LogP contribution is 2.39. The van der Waals surface area contributed by atoms with Crippen molar-refractivity contribution in [1.82, 2.24) is 14.8 Å². The molecule has 4 rings (SSSR count). The third-order valence-corrected chi connectivity index (χ3v) is 6.17. The van der Waals surface area contributed by atoms with Crippen molar-refractivity contribution >= 4 is 16.8 Å². The van der Waals surface area contributed by atoms with E-state index in [1.807, 2.05) is 23.1 Å². The van der Waals surface area contributed by atoms with Crippen LogP contribution in [-0.4, -0.2) is 60.6 Å². The molecule has 0 bridgehead atoms. The lowest BCUT2D eigenvalue weighted by Gasteiger charge is -2.48. The highest BCUT2D eigenvalue weighted by atomic mass is 19.1. The van der Waals surface area contributed by atoms with Crippen LogP contribution in [0.25, 0.3) is 10.9 Å². The Bertz CT molecular complexity index is 859. The summed E-state index contributed by atoms with van der Waals surface area (Å²) >= 11 is 0. The van der Waals surface area contributed by atoms with Crippen molar-refractivity contribution in [3.63, 3.8) is 0 Å². The molecule has 2 aliphatic heterocycles. The molecular formula is C22H28FN3O2. The summed E-state index contributed by atoms with van der Waals surface area (Å²) in [4.78, 5) is 21.2. The Balaban J connectivity index is 1.46. The van der Waals surface area contributed by atoms with Crippen LogP contribution in [-0.2, 0) is 16.1 Å². The van der Waals surface area contributed by atoms with Gasteiger partial charge in [-0.3, -0.25) is 9.69 Å². The van der Waals surface area contributed by atoms with Gasteiger partial charge in [0.05, 0.1) is 12.3 Å². The predicted octanol–water partition coefficient (Wildman–Crippen LogP) is 3.22. The van der Waals surface area contributed by atoms with E-state index >= 15 is 0 Å². The Morgan fingerprint density at radius 1 is 1.21 bits per heavy atom. The molecule has 1 aromatic heterocycles. The van der Waals surface area contributed by atoms with Gasteiger partial charge in [-0.1, -0.05) is 18.2 Å². The van der Waals surface area contributed by atoms with Crippen LogP contribution in [0.5, 0.6) is 0 Å². The molecule has 1 aromatic carbocycles. The maximum absolute atomic E-state index is 14.1. The van der Waals surface area contributed by atoms with Crippen molar-refractivity contribution in [3.8, 4) is 0 Å². The van der Waals surface area contributed by atoms with E-state index in [2.05, 4.69) is 9.88 Å². The molecule has 0 aliphatic carbocycles. The number of amides is 1. The fourth-order valence-electron chi connectivity index (χ4n) is 4.75. The molecule has 150 valence electrons. The Hall–Kier alpha value is -2.05. The van der Waals surface area contributed by atoms with Gasteiger partial charge < -0.3 is 9.64 Å². The Kier molecular flexibility index (Phi) is 5.60. The maximum atomic E-state index is 14.1. The summed E-state index contributed by atoms with van der Waals surface area (Å²) in [5.74, 6) is -0.0273. The summed E-state index contributed by atoms with van der Waals surface area (Å²) in [6.45, 7) is 4.76. The molecule has 0 saturated carbocycles. The number of pyridine rings is 1. The summed E-state index contributed by atoms with van der Waals surface area (Å²) < 4.78 is 19.3. The summed E-state index contributed by atoms with van der Waals surface area (Å²) in [5, 5.41) is 0.832. The molecule has 28 heavy (non-hydrogen) atoms. The first-order chi connectivity index (χ1) is 13.6. The molecule has 2 saturated heterocycles. The molecular weight excluding hydrogens is 357 g/mol. The normalized spacial score (nSPS) is 23.6. The monoisotopic (exact) mass is 385 g/mol. The van der Waals surface area contributed by atoms with Gasteiger partial charge in [0, 0.05) is 50.5 Å². The average Bonchev–Trinajstić information content (AvgIpc) is 2.70. The topological polar surface area (TPSA) is 45.7 Å². The number of halogens is 1. The summed E-state index contributed by atoms with van der Waals surface area (Å²) in [7, 11) is 1.67. The van der Waals surface area contributed by atoms with Crippen LogP contribution in [0, 0.1) is 11.2 Å². The number of ether oxygens (including phenoxy) is 1. The fourth-order valence-corrected chi connectivity index (χ4v) is 4.75. The van der Waals surface area contributed by atoms with Crippen LogP contribution in [0.2, 0.25) is 0 Å². The molecule has 1 amide bonds. The quantitative estimate of drug-likeness (QED) is 0.793. The molecule has 0 radical (unpaired) electrons. The standard InChI is InChI=1S/C22H28FN3O2/c1-28-13-12-26-16-22(10-8-20(26)27)9-3-11-25(15-22)14-18-7-6-17-4-2-5-19(23)21(17)24-18/h2,4-7H,3,8-16H2,1H3. The van der Waals surface area contributed by atoms with Crippen LogP contribution in [0.4, 0.5) is 4.39 Å². The second kappa shape index (κ2) is 8.13. The number of carbonyl (C=O) groups is 1. The van der Waals surface area contributed by atoms with Gasteiger partial charge in [-0.2, -0.15) is 0 Å². The zero-order valence-electron chi connectivity index (χ0n) is 16.5. The van der Waals surface area contributed by atoms with Gasteiger partial charge in [-0.25, -0.2) is 9.37 Å². The molecule has 2 aromatic rings. The molecule has 5 nitrogen and oxygen atoms in total. The van der Waals surface area contributed by atoms with E-state index in [0.29, 0.717) is 25.1 Å². The molecule has 1 atom stereocenters. The molecule has 3 heterocycles. The minimum Gasteiger partial charge on any atom is -0.383 e. The lowest BCUT2D eigenvalue weighted by molar-refractivity contribution is -0.140. The third kappa shape index (κ3) is 4.03. The number of hydrogen-bond acceptors (Lipinski definition) is 4. The minimum absolute atomic E-state index is 0.155. The van der Waals surface area contributed by atoms with Crippen molar-refractivity contribution < 1.29 is 13.9 Å². The van der Waals surface area contributed by atoms with Crippen LogP contribution in [0.3, 0.4) is 0 Å². The molecule has 1 unspecified atom stereocenters. The van der Waals surface area contributed by atoms with Crippen molar-refractivity contribution in [2.45, 2.75) is 32.2 Å². The number of piperidine rings is 2. The molecule has 1 spiro atoms. The van der Waals surface area contributed by atoms with E-state index in [-0.39, 0.29) is 17.1 Å². The first kappa shape index (κ1) is 19.3. The van der Waals surface area contributed by atoms with E-state index in [0.717, 1.165) is 56.5 Å². The third-order valence-electron chi connectivity index (χ3n) is 6.17. The number of fused-ring (bicyclic) bond motifs is 1. The second-order valence-electron chi connectivity index (χ2n) is 8.24. The zero-order chi connectivity index (χ0) is 19.6. The van der Waals surface area contributed by atoms with E-state index in [4.69, 9.17) is 4.74 Å². The Labute approximate surface area is 165 Å². The number of likely N-dealkylation sites (tertiary alicyclic amines) is 2. The average molecular weight is 385 g/mol. The van der Waals surface area contributed by atoms with Gasteiger partial charge >= 0.3 is 0 Å². The summed E-state index contributed by atoms with van der Waals surface area (Å²) in [6, 6.07) is 9.01. The van der Waals surface area contributed by atoms with E-state index in [1.165, 1.54) is 6.07 Å². The summed E-state index contributed by atoms with van der Waals surface area (Å²) in [6.07, 6.45) is 3.84. The number of nitrogens with zero attached hydrogens (tertiary/aromatic N) is 3. The van der Waals surface area contributed by atoms with Gasteiger partial charge in [0.25, 0.3) is 0 Å². The van der Waals surface area contributed by atoms with Crippen LogP contribution < -0.4 is 0 Å². The fraction of sp³-hybridized carbons (Fsp3) is 0.545. The lowest BCUT2D eigenvalue weighted by Crippen LogP contribution is -2.54. The van der Waals surface area contributed by atoms with Gasteiger partial charge in [-0.05, 0) is 37.9 Å². The van der Waals surface area contributed by atoms with Crippen molar-refractivity contribution in [3.05, 3.63) is 41.8 Å². The minimum atomic E-state index is -0.269. The van der Waals surface area contributed by atoms with Crippen molar-refractivity contribution in [2.75, 3.05) is 39.9 Å². The second-order valence-corrected chi connectivity index (χ2v) is 8.24. The molecule has 2 fully saturated rings. The highest BCUT2D eigenvalue weighted by Gasteiger charge is 2.41. The van der Waals surface area contributed by atoms with E-state index < -0.39 is 0 Å². The maximum Gasteiger partial charge on any atom is 0.222 e. The Morgan fingerprint density at radius 3 is 2.96 bits per heavy atom. The number of methoxy groups -OCH3 is 1. The summed E-state index contributed by atoms with van der Waals surface area (Å²) in [5.41, 5.74) is 1.50. The van der Waals surface area contributed by atoms with E-state index in [9.17, 15) is 9.18 Å². The largest absolute Gasteiger partial charge is 0.383 e. The van der Waals surface area contributed by atoms with E-state index in [1.54, 1.807) is 13.2 Å². The Morgan fingerprint density at radius 2 is 2.11 bits per heavy atom. The van der Waals surface area contributed by atoms with Crippen LogP contribution in [0.15, 0.2) is 30.3 Å². The van der Waals surface area contributed by atoms with Crippen LogP contribution in [0.1, 0.15) is 31.4 Å². The smallest absolute Gasteiger partial charge is 0.222 e. The number of hydrogen-bond donors (Lipinski definition) is 0. The number of para-hydroxylation sites is 1. The predicted molar refractivity (Wildman–Crippen MR) is 106 cm³/mol. The van der Waals surface area contributed by atoms with Gasteiger partial charge in [0.1, 0.15) is 11.3 Å². The van der Waals surface area contributed by atoms with Crippen LogP contribution >= 0.6 is 0 Å². The SMILES string of the molecule is COCCN1CC2(CCCN(Cc3ccc4cccc(F)c4n3)C2)CCC1=O. The molecule has 0 N–H and O–H groups in total. The van der Waals surface area contributed by atoms with Crippen molar-refractivity contribution in [2.24, 2.45) is 5.41 Å². The number of rotatable bonds is 5. The van der Waals surface area contributed by atoms with Crippen molar-refractivity contribution in [1.29, 1.82) is 0 Å². The lowest BCUT2D eigenvalue weighted by atomic mass is 9.73. The zero-order valence-corrected chi connectivity index (χ0v) is 16.5. The first-order valence-corrected chi connectivity index (χ1v) is 10.1. The number of benzene rings is 1. The van der Waals surface area contributed by atoms with Gasteiger partial charge in [-0.15, -0.1) is 0 Å². The number of carbonyl (C=O) groups excluding carboxylic acids is 1. The first-order valence-electron chi connectivity index (χ1n) is 10.1. The van der Waals surface area contributed by atoms with Gasteiger partial charge in [0.15, 0.2) is 0 Å².